The van der Waals surface area contributed by atoms with Crippen molar-refractivity contribution in [2.75, 3.05) is 51.6 Å². The second-order valence-electron chi connectivity index (χ2n) is 16.6. The number of carbonyl (C=O) groups is 3. The van der Waals surface area contributed by atoms with Gasteiger partial charge in [-0.2, -0.15) is 5.10 Å². The molecule has 2 aliphatic heterocycles. The summed E-state index contributed by atoms with van der Waals surface area (Å²) in [5, 5.41) is 27.5. The lowest BCUT2D eigenvalue weighted by atomic mass is 9.85. The summed E-state index contributed by atoms with van der Waals surface area (Å²) >= 11 is 1.58. The highest BCUT2D eigenvalue weighted by Crippen LogP contribution is 2.36. The summed E-state index contributed by atoms with van der Waals surface area (Å²) in [5.74, 6) is 0.325. The molecule has 15 nitrogen and oxygen atoms in total. The molecule has 0 radical (unpaired) electrons. The quantitative estimate of drug-likeness (QED) is 0.0640. The molecule has 7 rings (SSSR count). The van der Waals surface area contributed by atoms with Crippen molar-refractivity contribution in [3.63, 3.8) is 0 Å². The van der Waals surface area contributed by atoms with Gasteiger partial charge in [0.2, 0.25) is 24.5 Å². The van der Waals surface area contributed by atoms with Crippen LogP contribution in [0.4, 0.5) is 5.69 Å². The largest absolute Gasteiger partial charge is 0.454 e. The minimum Gasteiger partial charge on any atom is -0.454 e. The van der Waals surface area contributed by atoms with E-state index in [0.717, 1.165) is 55.6 Å². The van der Waals surface area contributed by atoms with Crippen LogP contribution >= 0.6 is 11.3 Å². The summed E-state index contributed by atoms with van der Waals surface area (Å²) in [6.45, 7) is 11.5. The Morgan fingerprint density at radius 2 is 1.69 bits per heavy atom. The average Bonchev–Trinajstić information content (AvgIpc) is 4.09. The summed E-state index contributed by atoms with van der Waals surface area (Å²) < 4.78 is 22.3. The first kappa shape index (κ1) is 44.3. The predicted molar refractivity (Wildman–Crippen MR) is 237 cm³/mol. The lowest BCUT2D eigenvalue weighted by molar-refractivity contribution is -0.144. The molecule has 0 bridgehead atoms. The van der Waals surface area contributed by atoms with E-state index in [9.17, 15) is 19.5 Å². The van der Waals surface area contributed by atoms with Gasteiger partial charge < -0.3 is 44.9 Å². The molecule has 5 aromatic rings. The van der Waals surface area contributed by atoms with Gasteiger partial charge in [-0.25, -0.2) is 4.98 Å². The van der Waals surface area contributed by atoms with Crippen molar-refractivity contribution in [3.05, 3.63) is 89.6 Å². The molecule has 3 aromatic carbocycles. The summed E-state index contributed by atoms with van der Waals surface area (Å²) in [5.41, 5.74) is 8.61. The average molecular weight is 866 g/mol. The van der Waals surface area contributed by atoms with Crippen molar-refractivity contribution in [2.45, 2.75) is 71.7 Å². The molecule has 328 valence electrons. The van der Waals surface area contributed by atoms with E-state index >= 15 is 0 Å². The van der Waals surface area contributed by atoms with Crippen molar-refractivity contribution in [2.24, 2.45) is 5.41 Å². The van der Waals surface area contributed by atoms with Crippen LogP contribution in [0.2, 0.25) is 0 Å². The number of β-amino-alcohol motifs (C(OH)–C–C–N with tert-alkyl or cyclic N) is 1. The molecular weight excluding hydrogens is 811 g/mol. The standard InChI is InChI=1S/C46H55N7O8S/c1-28(30-9-11-31(12-10-30)42-29(2)48-26-62-42)49-44(56)38-23-35(54)25-53(38)45(57)43(46(3,4)5)50-41(55)15-17-58-19-20-59-18-16-47-34-8-6-7-32(21-34)36-24-37(52-51-36)33-13-14-39-40(22-33)61-27-60-39/h6-14,21-22,24,26,28,35,38,43,47,54H,15-20,23,25,27H2,1-5H3,(H,49,56)(H,50,55)(H,51,52)/t28-,35+,38-,43+/m0/s1. The number of aliphatic hydroxyl groups is 1. The topological polar surface area (TPSA) is 189 Å². The first-order valence-electron chi connectivity index (χ1n) is 20.9. The first-order chi connectivity index (χ1) is 29.8. The number of hydrogen-bond acceptors (Lipinski definition) is 12. The Bertz CT molecular complexity index is 2320. The molecule has 1 fully saturated rings. The molecule has 2 aromatic heterocycles. The number of aryl methyl sites for hydroxylation is 1. The number of aromatic nitrogens is 3. The third kappa shape index (κ3) is 11.0. The Morgan fingerprint density at radius 1 is 0.935 bits per heavy atom. The van der Waals surface area contributed by atoms with E-state index in [1.807, 2.05) is 113 Å². The van der Waals surface area contributed by atoms with E-state index in [0.29, 0.717) is 32.1 Å². The van der Waals surface area contributed by atoms with Crippen LogP contribution < -0.4 is 25.4 Å². The fourth-order valence-electron chi connectivity index (χ4n) is 7.47. The second-order valence-corrected chi connectivity index (χ2v) is 17.5. The van der Waals surface area contributed by atoms with Crippen molar-refractivity contribution in [1.82, 2.24) is 30.7 Å². The van der Waals surface area contributed by atoms with Crippen LogP contribution in [-0.4, -0.2) is 107 Å². The van der Waals surface area contributed by atoms with Crippen LogP contribution in [0.15, 0.2) is 78.3 Å². The maximum absolute atomic E-state index is 14.0. The van der Waals surface area contributed by atoms with Gasteiger partial charge in [0.15, 0.2) is 11.5 Å². The lowest BCUT2D eigenvalue weighted by Gasteiger charge is -2.35. The van der Waals surface area contributed by atoms with Gasteiger partial charge in [-0.05, 0) is 66.8 Å². The van der Waals surface area contributed by atoms with Gasteiger partial charge in [-0.3, -0.25) is 19.5 Å². The lowest BCUT2D eigenvalue weighted by Crippen LogP contribution is -2.58. The molecule has 62 heavy (non-hydrogen) atoms. The number of H-pyrrole nitrogens is 1. The molecule has 0 saturated carbocycles. The molecule has 0 aliphatic carbocycles. The van der Waals surface area contributed by atoms with Crippen molar-refractivity contribution >= 4 is 34.7 Å². The summed E-state index contributed by atoms with van der Waals surface area (Å²) in [6.07, 6.45) is -0.719. The van der Waals surface area contributed by atoms with Crippen LogP contribution in [0.25, 0.3) is 33.0 Å². The zero-order valence-electron chi connectivity index (χ0n) is 35.7. The number of fused-ring (bicyclic) bond motifs is 1. The van der Waals surface area contributed by atoms with Gasteiger partial charge in [0, 0.05) is 42.7 Å². The Hall–Kier alpha value is -5.81. The van der Waals surface area contributed by atoms with Crippen molar-refractivity contribution < 1.29 is 38.4 Å². The van der Waals surface area contributed by atoms with E-state index in [1.54, 1.807) is 11.3 Å². The number of carbonyl (C=O) groups excluding carboxylic acids is 3. The molecule has 16 heteroatoms. The fraction of sp³-hybridized carbons (Fsp3) is 0.413. The molecule has 2 aliphatic rings. The zero-order valence-corrected chi connectivity index (χ0v) is 36.6. The maximum Gasteiger partial charge on any atom is 0.246 e. The van der Waals surface area contributed by atoms with Gasteiger partial charge >= 0.3 is 0 Å². The van der Waals surface area contributed by atoms with Gasteiger partial charge in [0.05, 0.1) is 66.0 Å². The van der Waals surface area contributed by atoms with Gasteiger partial charge in [-0.1, -0.05) is 57.2 Å². The van der Waals surface area contributed by atoms with Gasteiger partial charge in [0.25, 0.3) is 0 Å². The minimum absolute atomic E-state index is 0.00238. The van der Waals surface area contributed by atoms with Crippen LogP contribution in [0.1, 0.15) is 57.8 Å². The zero-order chi connectivity index (χ0) is 43.8. The molecule has 4 heterocycles. The number of benzene rings is 3. The van der Waals surface area contributed by atoms with Crippen LogP contribution in [0, 0.1) is 12.3 Å². The first-order valence-corrected chi connectivity index (χ1v) is 21.8. The Morgan fingerprint density at radius 3 is 2.45 bits per heavy atom. The fourth-order valence-corrected chi connectivity index (χ4v) is 8.28. The maximum atomic E-state index is 14.0. The molecule has 3 amide bonds. The highest BCUT2D eigenvalue weighted by Gasteiger charge is 2.44. The number of thiazole rings is 1. The van der Waals surface area contributed by atoms with E-state index in [1.165, 1.54) is 4.90 Å². The molecule has 4 atom stereocenters. The number of aromatic amines is 1. The van der Waals surface area contributed by atoms with E-state index in [2.05, 4.69) is 31.1 Å². The number of aliphatic hydroxyl groups excluding tert-OH is 1. The molecule has 0 spiro atoms. The molecule has 0 unspecified atom stereocenters. The minimum atomic E-state index is -0.926. The van der Waals surface area contributed by atoms with Crippen molar-refractivity contribution in [1.29, 1.82) is 0 Å². The number of likely N-dealkylation sites (tertiary alicyclic amines) is 1. The Kier molecular flexibility index (Phi) is 14.2. The number of amides is 3. The molecule has 5 N–H and O–H groups in total. The smallest absolute Gasteiger partial charge is 0.246 e. The van der Waals surface area contributed by atoms with Crippen LogP contribution in [0.5, 0.6) is 11.5 Å². The molecule has 1 saturated heterocycles. The number of hydrogen-bond donors (Lipinski definition) is 5. The Labute approximate surface area is 365 Å². The normalized spacial score (nSPS) is 16.8. The Balaban J connectivity index is 0.808. The SMILES string of the molecule is Cc1ncsc1-c1ccc([C@H](C)NC(=O)[C@@H]2C[C@@H](O)CN2C(=O)[C@@H](NC(=O)CCOCCOCCNc2cccc(-c3cc(-c4ccc5c(c4)OCO5)[nH]n3)c2)C(C)(C)C)cc1. The molecular formula is C46H55N7O8S. The number of nitrogens with zero attached hydrogens (tertiary/aromatic N) is 3. The van der Waals surface area contributed by atoms with Crippen molar-refractivity contribution in [3.8, 4) is 44.5 Å². The number of ether oxygens (including phenoxy) is 4. The second kappa shape index (κ2) is 19.9. The van der Waals surface area contributed by atoms with Crippen LogP contribution in [-0.2, 0) is 23.9 Å². The summed E-state index contributed by atoms with van der Waals surface area (Å²) in [7, 11) is 0. The monoisotopic (exact) mass is 865 g/mol. The summed E-state index contributed by atoms with van der Waals surface area (Å²) in [6, 6.07) is 21.6. The number of nitrogens with one attached hydrogen (secondary N) is 4. The third-order valence-corrected chi connectivity index (χ3v) is 11.9. The van der Waals surface area contributed by atoms with Crippen LogP contribution in [0.3, 0.4) is 0 Å². The number of rotatable bonds is 18. The highest BCUT2D eigenvalue weighted by molar-refractivity contribution is 7.13. The highest BCUT2D eigenvalue weighted by atomic mass is 32.1. The van der Waals surface area contributed by atoms with Gasteiger partial charge in [0.1, 0.15) is 12.1 Å². The third-order valence-electron chi connectivity index (χ3n) is 10.9. The number of anilines is 1. The summed E-state index contributed by atoms with van der Waals surface area (Å²) in [4.78, 5) is 47.6. The van der Waals surface area contributed by atoms with E-state index < -0.39 is 29.5 Å². The van der Waals surface area contributed by atoms with Gasteiger partial charge in [-0.15, -0.1) is 11.3 Å². The van der Waals surface area contributed by atoms with E-state index in [4.69, 9.17) is 18.9 Å². The predicted octanol–water partition coefficient (Wildman–Crippen LogP) is 6.11. The van der Waals surface area contributed by atoms with E-state index in [-0.39, 0.29) is 50.6 Å².